The molecule has 0 aromatic heterocycles. The lowest BCUT2D eigenvalue weighted by molar-refractivity contribution is -0.275. The Bertz CT molecular complexity index is 640. The largest absolute Gasteiger partial charge is 0.573 e. The molecule has 0 N–H and O–H groups in total. The number of carbonyl (C=O) groups is 1. The van der Waals surface area contributed by atoms with Gasteiger partial charge in [-0.25, -0.2) is 0 Å². The summed E-state index contributed by atoms with van der Waals surface area (Å²) >= 11 is 0. The molecule has 9 heteroatoms. The average Bonchev–Trinajstić information content (AvgIpc) is 2.45. The number of ketones is 1. The van der Waals surface area contributed by atoms with Gasteiger partial charge in [0.2, 0.25) is 0 Å². The molecule has 0 radical (unpaired) electrons. The zero-order chi connectivity index (χ0) is 18.0. The Morgan fingerprint density at radius 2 is 0.917 bits per heavy atom. The molecule has 2 aromatic rings. The van der Waals surface area contributed by atoms with Gasteiger partial charge in [-0.2, -0.15) is 0 Å². The van der Waals surface area contributed by atoms with Crippen molar-refractivity contribution < 1.29 is 40.6 Å². The lowest BCUT2D eigenvalue weighted by Crippen LogP contribution is -2.17. The minimum Gasteiger partial charge on any atom is -0.406 e. The first kappa shape index (κ1) is 17.6. The number of rotatable bonds is 4. The van der Waals surface area contributed by atoms with E-state index in [1.54, 1.807) is 0 Å². The summed E-state index contributed by atoms with van der Waals surface area (Å²) in [6.45, 7) is 0. The van der Waals surface area contributed by atoms with Crippen molar-refractivity contribution in [3.8, 4) is 11.5 Å². The van der Waals surface area contributed by atoms with E-state index in [1.807, 2.05) is 0 Å². The van der Waals surface area contributed by atoms with E-state index in [0.717, 1.165) is 48.5 Å². The second kappa shape index (κ2) is 6.42. The summed E-state index contributed by atoms with van der Waals surface area (Å²) in [6.07, 6.45) is -9.69. The molecule has 0 saturated carbocycles. The van der Waals surface area contributed by atoms with Crippen LogP contribution in [0.25, 0.3) is 0 Å². The van der Waals surface area contributed by atoms with Crippen LogP contribution in [0, 0.1) is 0 Å². The number of carbonyl (C=O) groups excluding carboxylic acids is 1. The monoisotopic (exact) mass is 350 g/mol. The fraction of sp³-hybridized carbons (Fsp3) is 0.133. The molecule has 0 atom stereocenters. The Kier molecular flexibility index (Phi) is 4.72. The lowest BCUT2D eigenvalue weighted by atomic mass is 10.0. The third kappa shape index (κ3) is 5.18. The highest BCUT2D eigenvalue weighted by Crippen LogP contribution is 2.25. The van der Waals surface area contributed by atoms with Crippen LogP contribution >= 0.6 is 0 Å². The van der Waals surface area contributed by atoms with Crippen molar-refractivity contribution in [3.05, 3.63) is 59.7 Å². The Hall–Kier alpha value is -2.71. The van der Waals surface area contributed by atoms with Gasteiger partial charge in [0.1, 0.15) is 11.5 Å². The predicted molar refractivity (Wildman–Crippen MR) is 69.7 cm³/mol. The fourth-order valence-corrected chi connectivity index (χ4v) is 1.78. The van der Waals surface area contributed by atoms with Crippen LogP contribution < -0.4 is 9.47 Å². The Morgan fingerprint density at radius 1 is 0.625 bits per heavy atom. The summed E-state index contributed by atoms with van der Waals surface area (Å²) < 4.78 is 79.6. The number of hydrogen-bond acceptors (Lipinski definition) is 3. The van der Waals surface area contributed by atoms with Crippen LogP contribution in [0.1, 0.15) is 15.9 Å². The van der Waals surface area contributed by atoms with Crippen LogP contribution in [-0.4, -0.2) is 18.5 Å². The van der Waals surface area contributed by atoms with Gasteiger partial charge in [-0.15, -0.1) is 26.3 Å². The summed E-state index contributed by atoms with van der Waals surface area (Å²) in [7, 11) is 0. The van der Waals surface area contributed by atoms with E-state index in [-0.39, 0.29) is 11.1 Å². The van der Waals surface area contributed by atoms with Crippen LogP contribution in [0.5, 0.6) is 11.5 Å². The molecule has 128 valence electrons. The standard InChI is InChI=1S/C15H8F6O3/c16-14(17,18)23-11-5-1-9(2-6-11)13(22)10-3-7-12(8-4-10)24-15(19,20)21/h1-8H. The van der Waals surface area contributed by atoms with Gasteiger partial charge in [-0.1, -0.05) is 0 Å². The summed E-state index contributed by atoms with van der Waals surface area (Å²) in [4.78, 5) is 12.1. The van der Waals surface area contributed by atoms with Crippen molar-refractivity contribution in [2.45, 2.75) is 12.7 Å². The highest BCUT2D eigenvalue weighted by atomic mass is 19.4. The van der Waals surface area contributed by atoms with Crippen molar-refractivity contribution in [1.29, 1.82) is 0 Å². The minimum atomic E-state index is -4.85. The predicted octanol–water partition coefficient (Wildman–Crippen LogP) is 4.71. The third-order valence-corrected chi connectivity index (χ3v) is 2.70. The summed E-state index contributed by atoms with van der Waals surface area (Å²) in [6, 6.07) is 8.30. The minimum absolute atomic E-state index is 0.0500. The van der Waals surface area contributed by atoms with E-state index >= 15 is 0 Å². The normalized spacial score (nSPS) is 11.9. The SMILES string of the molecule is O=C(c1ccc(OC(F)(F)F)cc1)c1ccc(OC(F)(F)F)cc1. The maximum Gasteiger partial charge on any atom is 0.573 e. The van der Waals surface area contributed by atoms with E-state index in [1.165, 1.54) is 0 Å². The number of alkyl halides is 6. The molecule has 3 nitrogen and oxygen atoms in total. The Labute approximate surface area is 131 Å². The molecule has 0 saturated heterocycles. The van der Waals surface area contributed by atoms with Crippen molar-refractivity contribution >= 4 is 5.78 Å². The van der Waals surface area contributed by atoms with Crippen molar-refractivity contribution in [1.82, 2.24) is 0 Å². The summed E-state index contributed by atoms with van der Waals surface area (Å²) in [5.41, 5.74) is 0.100. The highest BCUT2D eigenvalue weighted by molar-refractivity contribution is 6.09. The van der Waals surface area contributed by atoms with Crippen molar-refractivity contribution in [2.75, 3.05) is 0 Å². The summed E-state index contributed by atoms with van der Waals surface area (Å²) in [5, 5.41) is 0. The van der Waals surface area contributed by atoms with E-state index in [9.17, 15) is 31.1 Å². The molecule has 0 bridgehead atoms. The van der Waals surface area contributed by atoms with Crippen molar-refractivity contribution in [2.24, 2.45) is 0 Å². The van der Waals surface area contributed by atoms with Crippen LogP contribution in [0.3, 0.4) is 0 Å². The molecule has 0 aliphatic heterocycles. The Balaban J connectivity index is 2.11. The topological polar surface area (TPSA) is 35.5 Å². The van der Waals surface area contributed by atoms with Crippen LogP contribution in [-0.2, 0) is 0 Å². The second-order valence-corrected chi connectivity index (χ2v) is 4.47. The molecule has 0 heterocycles. The molecule has 2 rings (SSSR count). The van der Waals surface area contributed by atoms with Crippen LogP contribution in [0.15, 0.2) is 48.5 Å². The fourth-order valence-electron chi connectivity index (χ4n) is 1.78. The first-order valence-corrected chi connectivity index (χ1v) is 6.30. The molecule has 0 aliphatic carbocycles. The van der Waals surface area contributed by atoms with E-state index in [0.29, 0.717) is 0 Å². The molecular formula is C15H8F6O3. The van der Waals surface area contributed by atoms with Gasteiger partial charge < -0.3 is 9.47 Å². The highest BCUT2D eigenvalue weighted by Gasteiger charge is 2.31. The van der Waals surface area contributed by atoms with E-state index in [2.05, 4.69) is 9.47 Å². The van der Waals surface area contributed by atoms with Gasteiger partial charge in [0.25, 0.3) is 0 Å². The van der Waals surface area contributed by atoms with E-state index in [4.69, 9.17) is 0 Å². The quantitative estimate of drug-likeness (QED) is 0.592. The first-order chi connectivity index (χ1) is 11.0. The molecule has 24 heavy (non-hydrogen) atoms. The Morgan fingerprint density at radius 3 is 1.17 bits per heavy atom. The van der Waals surface area contributed by atoms with Gasteiger partial charge in [0.05, 0.1) is 0 Å². The van der Waals surface area contributed by atoms with Crippen LogP contribution in [0.2, 0.25) is 0 Å². The smallest absolute Gasteiger partial charge is 0.406 e. The average molecular weight is 350 g/mol. The molecule has 0 amide bonds. The number of halogens is 6. The first-order valence-electron chi connectivity index (χ1n) is 6.30. The summed E-state index contributed by atoms with van der Waals surface area (Å²) in [5.74, 6) is -1.56. The molecule has 0 fully saturated rings. The zero-order valence-electron chi connectivity index (χ0n) is 11.6. The molecule has 2 aromatic carbocycles. The van der Waals surface area contributed by atoms with Gasteiger partial charge >= 0.3 is 12.7 Å². The van der Waals surface area contributed by atoms with Gasteiger partial charge in [0, 0.05) is 11.1 Å². The number of benzene rings is 2. The maximum atomic E-state index is 12.1. The maximum absolute atomic E-state index is 12.1. The van der Waals surface area contributed by atoms with Gasteiger partial charge in [-0.3, -0.25) is 4.79 Å². The zero-order valence-corrected chi connectivity index (χ0v) is 11.6. The molecule has 0 spiro atoms. The number of hydrogen-bond donors (Lipinski definition) is 0. The molecular weight excluding hydrogens is 342 g/mol. The van der Waals surface area contributed by atoms with E-state index < -0.39 is 30.0 Å². The number of ether oxygens (including phenoxy) is 2. The molecule has 0 unspecified atom stereocenters. The van der Waals surface area contributed by atoms with Gasteiger partial charge in [0.15, 0.2) is 5.78 Å². The second-order valence-electron chi connectivity index (χ2n) is 4.47. The third-order valence-electron chi connectivity index (χ3n) is 2.70. The van der Waals surface area contributed by atoms with Crippen molar-refractivity contribution in [3.63, 3.8) is 0 Å². The van der Waals surface area contributed by atoms with Crippen LogP contribution in [0.4, 0.5) is 26.3 Å². The lowest BCUT2D eigenvalue weighted by Gasteiger charge is -2.10. The molecule has 0 aliphatic rings. The van der Waals surface area contributed by atoms with Gasteiger partial charge in [-0.05, 0) is 48.5 Å².